The van der Waals surface area contributed by atoms with Gasteiger partial charge in [0.15, 0.2) is 0 Å². The maximum absolute atomic E-state index is 3.95. The minimum absolute atomic E-state index is 0.131. The van der Waals surface area contributed by atoms with Gasteiger partial charge in [0.1, 0.15) is 0 Å². The summed E-state index contributed by atoms with van der Waals surface area (Å²) in [6.07, 6.45) is 1.97. The minimum Gasteiger partial charge on any atom is -0.269 e. The molecule has 0 rings (SSSR count). The molecule has 0 amide bonds. The molecule has 0 aliphatic rings. The van der Waals surface area contributed by atoms with Crippen LogP contribution in [0.3, 0.4) is 0 Å². The van der Waals surface area contributed by atoms with Crippen molar-refractivity contribution < 1.29 is 0 Å². The van der Waals surface area contributed by atoms with Gasteiger partial charge < -0.3 is 0 Å². The van der Waals surface area contributed by atoms with Gasteiger partial charge in [0.25, 0.3) is 0 Å². The minimum atomic E-state index is 0.131. The van der Waals surface area contributed by atoms with Gasteiger partial charge in [-0.3, -0.25) is 4.99 Å². The van der Waals surface area contributed by atoms with Crippen LogP contribution in [0.4, 0.5) is 0 Å². The Kier molecular flexibility index (Phi) is 3.24. The smallest absolute Gasteiger partial charge is 0.0368 e. The first-order valence-corrected chi connectivity index (χ1v) is 3.72. The standard InChI is InChI=1S/C10H17N/c1-8(10(3,4)5)7-9(2)11-6/h7H,1,6H2,2-5H3. The van der Waals surface area contributed by atoms with E-state index in [0.717, 1.165) is 11.3 Å². The lowest BCUT2D eigenvalue weighted by atomic mass is 9.87. The molecule has 0 unspecified atom stereocenters. The zero-order chi connectivity index (χ0) is 9.07. The van der Waals surface area contributed by atoms with Gasteiger partial charge in [-0.15, -0.1) is 0 Å². The van der Waals surface area contributed by atoms with E-state index in [1.54, 1.807) is 0 Å². The van der Waals surface area contributed by atoms with Crippen molar-refractivity contribution in [3.8, 4) is 0 Å². The van der Waals surface area contributed by atoms with Gasteiger partial charge in [0, 0.05) is 5.70 Å². The van der Waals surface area contributed by atoms with Crippen molar-refractivity contribution in [3.63, 3.8) is 0 Å². The molecule has 1 heteroatoms. The Labute approximate surface area is 69.5 Å². The van der Waals surface area contributed by atoms with Crippen LogP contribution < -0.4 is 0 Å². The zero-order valence-corrected chi connectivity index (χ0v) is 7.94. The second kappa shape index (κ2) is 3.51. The second-order valence-electron chi connectivity index (χ2n) is 3.72. The van der Waals surface area contributed by atoms with Gasteiger partial charge in [-0.1, -0.05) is 27.4 Å². The van der Waals surface area contributed by atoms with Gasteiger partial charge in [-0.25, -0.2) is 0 Å². The maximum Gasteiger partial charge on any atom is 0.0368 e. The van der Waals surface area contributed by atoms with Gasteiger partial charge in [-0.2, -0.15) is 0 Å². The topological polar surface area (TPSA) is 12.4 Å². The molecule has 62 valence electrons. The van der Waals surface area contributed by atoms with Crippen molar-refractivity contribution >= 4 is 6.72 Å². The molecule has 1 nitrogen and oxygen atoms in total. The lowest BCUT2D eigenvalue weighted by Gasteiger charge is -2.18. The number of allylic oxidation sites excluding steroid dienone is 3. The van der Waals surface area contributed by atoms with Crippen LogP contribution in [0.1, 0.15) is 27.7 Å². The Bertz CT molecular complexity index is 191. The summed E-state index contributed by atoms with van der Waals surface area (Å²) in [7, 11) is 0. The number of hydrogen-bond acceptors (Lipinski definition) is 1. The monoisotopic (exact) mass is 151 g/mol. The third-order valence-corrected chi connectivity index (χ3v) is 1.60. The number of hydrogen-bond donors (Lipinski definition) is 0. The first kappa shape index (κ1) is 10.2. The van der Waals surface area contributed by atoms with E-state index in [0.29, 0.717) is 0 Å². The molecule has 0 saturated heterocycles. The van der Waals surface area contributed by atoms with Crippen LogP contribution in [0.2, 0.25) is 0 Å². The number of rotatable bonds is 2. The van der Waals surface area contributed by atoms with Crippen LogP contribution in [0.5, 0.6) is 0 Å². The summed E-state index contributed by atoms with van der Waals surface area (Å²) in [5, 5.41) is 0. The Morgan fingerprint density at radius 1 is 1.36 bits per heavy atom. The van der Waals surface area contributed by atoms with E-state index in [1.165, 1.54) is 0 Å². The van der Waals surface area contributed by atoms with Gasteiger partial charge in [0.05, 0.1) is 0 Å². The number of nitrogens with zero attached hydrogens (tertiary/aromatic N) is 1. The fraction of sp³-hybridized carbons (Fsp3) is 0.500. The van der Waals surface area contributed by atoms with E-state index in [-0.39, 0.29) is 5.41 Å². The molecule has 0 saturated carbocycles. The van der Waals surface area contributed by atoms with Crippen molar-refractivity contribution in [3.05, 3.63) is 23.9 Å². The first-order chi connectivity index (χ1) is 4.88. The van der Waals surface area contributed by atoms with Crippen LogP contribution in [-0.2, 0) is 0 Å². The number of aliphatic imine (C=N–C) groups is 1. The van der Waals surface area contributed by atoms with E-state index < -0.39 is 0 Å². The second-order valence-corrected chi connectivity index (χ2v) is 3.72. The first-order valence-electron chi connectivity index (χ1n) is 3.72. The van der Waals surface area contributed by atoms with E-state index in [4.69, 9.17) is 0 Å². The Morgan fingerprint density at radius 3 is 2.09 bits per heavy atom. The van der Waals surface area contributed by atoms with E-state index in [2.05, 4.69) is 39.1 Å². The van der Waals surface area contributed by atoms with Gasteiger partial charge >= 0.3 is 0 Å². The summed E-state index contributed by atoms with van der Waals surface area (Å²) >= 11 is 0. The average Bonchev–Trinajstić information content (AvgIpc) is 1.85. The van der Waals surface area contributed by atoms with Crippen molar-refractivity contribution in [2.45, 2.75) is 27.7 Å². The molecule has 0 spiro atoms. The Balaban J connectivity index is 4.42. The molecule has 0 radical (unpaired) electrons. The molecular weight excluding hydrogens is 134 g/mol. The summed E-state index contributed by atoms with van der Waals surface area (Å²) in [6, 6.07) is 0. The van der Waals surface area contributed by atoms with Crippen molar-refractivity contribution in [1.29, 1.82) is 0 Å². The third kappa shape index (κ3) is 3.76. The van der Waals surface area contributed by atoms with Crippen molar-refractivity contribution in [1.82, 2.24) is 0 Å². The van der Waals surface area contributed by atoms with E-state index >= 15 is 0 Å². The lowest BCUT2D eigenvalue weighted by molar-refractivity contribution is 0.518. The van der Waals surface area contributed by atoms with Crippen LogP contribution in [0, 0.1) is 5.41 Å². The van der Waals surface area contributed by atoms with Crippen LogP contribution in [0.25, 0.3) is 0 Å². The molecule has 0 aliphatic heterocycles. The molecular formula is C10H17N. The molecule has 0 heterocycles. The van der Waals surface area contributed by atoms with Gasteiger partial charge in [-0.05, 0) is 30.7 Å². The quantitative estimate of drug-likeness (QED) is 0.424. The summed E-state index contributed by atoms with van der Waals surface area (Å²) in [6.45, 7) is 15.7. The average molecular weight is 151 g/mol. The van der Waals surface area contributed by atoms with Gasteiger partial charge in [0.2, 0.25) is 0 Å². The van der Waals surface area contributed by atoms with Crippen molar-refractivity contribution in [2.75, 3.05) is 0 Å². The predicted molar refractivity (Wildman–Crippen MR) is 51.9 cm³/mol. The summed E-state index contributed by atoms with van der Waals surface area (Å²) in [4.78, 5) is 3.79. The highest BCUT2D eigenvalue weighted by molar-refractivity contribution is 5.32. The summed E-state index contributed by atoms with van der Waals surface area (Å²) < 4.78 is 0. The molecule has 0 bridgehead atoms. The SMILES string of the molecule is C=NC(C)=CC(=C)C(C)(C)C. The molecule has 11 heavy (non-hydrogen) atoms. The normalized spacial score (nSPS) is 12.9. The highest BCUT2D eigenvalue weighted by Gasteiger charge is 2.12. The predicted octanol–water partition coefficient (Wildman–Crippen LogP) is 3.19. The molecule has 0 atom stereocenters. The van der Waals surface area contributed by atoms with Crippen LogP contribution in [-0.4, -0.2) is 6.72 Å². The highest BCUT2D eigenvalue weighted by Crippen LogP contribution is 2.25. The Hall–Kier alpha value is -0.850. The Morgan fingerprint density at radius 2 is 1.82 bits per heavy atom. The van der Waals surface area contributed by atoms with Crippen LogP contribution >= 0.6 is 0 Å². The largest absolute Gasteiger partial charge is 0.269 e. The molecule has 0 aromatic carbocycles. The van der Waals surface area contributed by atoms with E-state index in [9.17, 15) is 0 Å². The molecule has 0 fully saturated rings. The third-order valence-electron chi connectivity index (χ3n) is 1.60. The maximum atomic E-state index is 3.95. The summed E-state index contributed by atoms with van der Waals surface area (Å²) in [5.41, 5.74) is 2.14. The highest BCUT2D eigenvalue weighted by atomic mass is 14.7. The fourth-order valence-corrected chi connectivity index (χ4v) is 0.514. The fourth-order valence-electron chi connectivity index (χ4n) is 0.514. The molecule has 0 aliphatic carbocycles. The summed E-state index contributed by atoms with van der Waals surface area (Å²) in [5.74, 6) is 0. The molecule has 0 aromatic heterocycles. The molecule has 0 aromatic rings. The van der Waals surface area contributed by atoms with E-state index in [1.807, 2.05) is 13.0 Å². The van der Waals surface area contributed by atoms with Crippen molar-refractivity contribution in [2.24, 2.45) is 10.4 Å². The lowest BCUT2D eigenvalue weighted by Crippen LogP contribution is -2.06. The zero-order valence-electron chi connectivity index (χ0n) is 7.94. The van der Waals surface area contributed by atoms with Crippen LogP contribution in [0.15, 0.2) is 28.9 Å². The molecule has 0 N–H and O–H groups in total.